The Labute approximate surface area is 113 Å². The van der Waals surface area contributed by atoms with Crippen molar-refractivity contribution in [3.8, 4) is 0 Å². The number of aromatic amines is 1. The molecule has 0 radical (unpaired) electrons. The highest BCUT2D eigenvalue weighted by molar-refractivity contribution is 5.82. The smallest absolute Gasteiger partial charge is 0.417 e. The van der Waals surface area contributed by atoms with E-state index in [0.717, 1.165) is 10.4 Å². The zero-order valence-electron chi connectivity index (χ0n) is 10.3. The molecule has 7 heteroatoms. The largest absolute Gasteiger partial charge is 0.464 e. The number of imidazole rings is 1. The number of H-pyrrole nitrogens is 1. The summed E-state index contributed by atoms with van der Waals surface area (Å²) in [5, 5.41) is 9.13. The molecule has 0 aliphatic carbocycles. The van der Waals surface area contributed by atoms with Crippen molar-refractivity contribution < 1.29 is 9.90 Å². The summed E-state index contributed by atoms with van der Waals surface area (Å²) in [6.07, 6.45) is 6.85. The lowest BCUT2D eigenvalue weighted by Gasteiger charge is -2.15. The minimum atomic E-state index is -1.16. The molecule has 0 bridgehead atoms. The summed E-state index contributed by atoms with van der Waals surface area (Å²) in [6.45, 7) is 0. The zero-order chi connectivity index (χ0) is 14.1. The first-order valence-corrected chi connectivity index (χ1v) is 5.84. The van der Waals surface area contributed by atoms with E-state index in [0.29, 0.717) is 17.0 Å². The number of allylic oxidation sites excluding steroid dienone is 4. The van der Waals surface area contributed by atoms with Crippen LogP contribution in [0.5, 0.6) is 0 Å². The monoisotopic (exact) mass is 269 g/mol. The van der Waals surface area contributed by atoms with Gasteiger partial charge < -0.3 is 15.8 Å². The second kappa shape index (κ2) is 4.54. The van der Waals surface area contributed by atoms with Gasteiger partial charge in [-0.3, -0.25) is 0 Å². The molecule has 0 spiro atoms. The number of rotatable bonds is 1. The molecule has 2 aromatic rings. The van der Waals surface area contributed by atoms with Gasteiger partial charge >= 0.3 is 6.09 Å². The van der Waals surface area contributed by atoms with Crippen molar-refractivity contribution in [1.82, 2.24) is 19.9 Å². The van der Waals surface area contributed by atoms with Crippen molar-refractivity contribution in [3.05, 3.63) is 54.4 Å². The van der Waals surface area contributed by atoms with E-state index in [4.69, 9.17) is 10.8 Å². The summed E-state index contributed by atoms with van der Waals surface area (Å²) in [6, 6.07) is 3.62. The van der Waals surface area contributed by atoms with E-state index in [1.807, 2.05) is 6.07 Å². The molecule has 100 valence electrons. The van der Waals surface area contributed by atoms with Crippen molar-refractivity contribution >= 4 is 22.8 Å². The van der Waals surface area contributed by atoms with E-state index < -0.39 is 6.09 Å². The molecule has 0 atom stereocenters. The maximum atomic E-state index is 11.2. The van der Waals surface area contributed by atoms with Gasteiger partial charge in [-0.15, -0.1) is 0 Å². The van der Waals surface area contributed by atoms with Gasteiger partial charge in [0.2, 0.25) is 0 Å². The third-order valence-electron chi connectivity index (χ3n) is 2.86. The maximum Gasteiger partial charge on any atom is 0.417 e. The van der Waals surface area contributed by atoms with Gasteiger partial charge in [-0.1, -0.05) is 6.08 Å². The van der Waals surface area contributed by atoms with E-state index in [9.17, 15) is 4.79 Å². The van der Waals surface area contributed by atoms with Crippen LogP contribution in [-0.4, -0.2) is 31.1 Å². The molecule has 7 nitrogen and oxygen atoms in total. The van der Waals surface area contributed by atoms with Crippen LogP contribution in [0.3, 0.4) is 0 Å². The van der Waals surface area contributed by atoms with Crippen molar-refractivity contribution in [3.63, 3.8) is 0 Å². The Kier molecular flexibility index (Phi) is 2.72. The Hall–Kier alpha value is -3.09. The van der Waals surface area contributed by atoms with Gasteiger partial charge in [-0.25, -0.2) is 19.7 Å². The topological polar surface area (TPSA) is 108 Å². The Balaban J connectivity index is 2.15. The first kappa shape index (κ1) is 12.0. The molecule has 1 amide bonds. The van der Waals surface area contributed by atoms with Crippen LogP contribution in [0.4, 0.5) is 4.79 Å². The summed E-state index contributed by atoms with van der Waals surface area (Å²) in [7, 11) is 0. The fourth-order valence-corrected chi connectivity index (χ4v) is 1.92. The molecule has 3 rings (SSSR count). The summed E-state index contributed by atoms with van der Waals surface area (Å²) in [5.41, 5.74) is 7.73. The number of nitrogens with one attached hydrogen (secondary N) is 1. The molecule has 0 fully saturated rings. The quantitative estimate of drug-likeness (QED) is 0.729. The molecule has 4 N–H and O–H groups in total. The maximum absolute atomic E-state index is 11.2. The number of hydrogen-bond donors (Lipinski definition) is 3. The number of nitrogens with two attached hydrogens (primary N) is 1. The highest BCUT2D eigenvalue weighted by Crippen LogP contribution is 2.22. The number of hydrogen-bond acceptors (Lipinski definition) is 4. The number of pyridine rings is 1. The van der Waals surface area contributed by atoms with E-state index in [1.54, 1.807) is 30.5 Å². The normalized spacial score (nSPS) is 14.9. The zero-order valence-corrected chi connectivity index (χ0v) is 10.3. The predicted octanol–water partition coefficient (Wildman–Crippen LogP) is 1.65. The van der Waals surface area contributed by atoms with Crippen molar-refractivity contribution in [2.24, 2.45) is 5.73 Å². The fourth-order valence-electron chi connectivity index (χ4n) is 1.92. The Bertz CT molecular complexity index is 739. The highest BCUT2D eigenvalue weighted by Gasteiger charge is 2.19. The molecular formula is C13H11N5O2. The number of carboxylic acid groups (broad SMARTS) is 1. The number of aromatic nitrogens is 3. The van der Waals surface area contributed by atoms with Gasteiger partial charge in [0, 0.05) is 12.4 Å². The Morgan fingerprint density at radius 3 is 3.00 bits per heavy atom. The van der Waals surface area contributed by atoms with Gasteiger partial charge in [-0.05, 0) is 24.3 Å². The minimum absolute atomic E-state index is 0.0848. The van der Waals surface area contributed by atoms with E-state index in [2.05, 4.69) is 15.0 Å². The van der Waals surface area contributed by atoms with Crippen LogP contribution < -0.4 is 5.73 Å². The highest BCUT2D eigenvalue weighted by atomic mass is 16.4. The number of amides is 1. The molecule has 1 aliphatic rings. The van der Waals surface area contributed by atoms with Crippen molar-refractivity contribution in [1.29, 1.82) is 0 Å². The summed E-state index contributed by atoms with van der Waals surface area (Å²) in [4.78, 5) is 23.6. The molecule has 1 aliphatic heterocycles. The molecule has 20 heavy (non-hydrogen) atoms. The third kappa shape index (κ3) is 1.91. The number of carbonyl (C=O) groups is 1. The van der Waals surface area contributed by atoms with Crippen LogP contribution in [-0.2, 0) is 0 Å². The van der Waals surface area contributed by atoms with E-state index >= 15 is 0 Å². The number of fused-ring (bicyclic) bond motifs is 1. The van der Waals surface area contributed by atoms with Gasteiger partial charge in [0.1, 0.15) is 11.6 Å². The van der Waals surface area contributed by atoms with Crippen molar-refractivity contribution in [2.75, 3.05) is 0 Å². The molecule has 0 aromatic carbocycles. The molecule has 0 saturated carbocycles. The van der Waals surface area contributed by atoms with Gasteiger partial charge in [0.15, 0.2) is 5.65 Å². The molecule has 0 unspecified atom stereocenters. The van der Waals surface area contributed by atoms with Crippen LogP contribution in [0.1, 0.15) is 5.82 Å². The van der Waals surface area contributed by atoms with Gasteiger partial charge in [0.05, 0.1) is 11.1 Å². The van der Waals surface area contributed by atoms with Crippen LogP contribution in [0.15, 0.2) is 48.6 Å². The lowest BCUT2D eigenvalue weighted by Crippen LogP contribution is -2.28. The van der Waals surface area contributed by atoms with Crippen LogP contribution >= 0.6 is 0 Å². The molecule has 2 aromatic heterocycles. The summed E-state index contributed by atoms with van der Waals surface area (Å²) >= 11 is 0. The number of nitrogens with zero attached hydrogens (tertiary/aromatic N) is 3. The van der Waals surface area contributed by atoms with Crippen LogP contribution in [0.25, 0.3) is 16.7 Å². The van der Waals surface area contributed by atoms with E-state index in [-0.39, 0.29) is 5.82 Å². The summed E-state index contributed by atoms with van der Waals surface area (Å²) in [5.74, 6) is 0.559. The lowest BCUT2D eigenvalue weighted by atomic mass is 10.2. The first-order valence-electron chi connectivity index (χ1n) is 5.84. The average Bonchev–Trinajstić information content (AvgIpc) is 2.75. The first-order chi connectivity index (χ1) is 9.66. The second-order valence-electron chi connectivity index (χ2n) is 4.11. The average molecular weight is 269 g/mol. The standard InChI is InChI=1S/C13H11N5O2/c14-10-8(4-1-2-7-18(10)13(19)20)11-16-9-5-3-6-15-12(9)17-11/h1-7H,14H2,(H,19,20)(H,15,16,17). The minimum Gasteiger partial charge on any atom is -0.464 e. The molecular weight excluding hydrogens is 258 g/mol. The Morgan fingerprint density at radius 2 is 2.25 bits per heavy atom. The predicted molar refractivity (Wildman–Crippen MR) is 73.1 cm³/mol. The Morgan fingerprint density at radius 1 is 1.40 bits per heavy atom. The molecule has 0 saturated heterocycles. The third-order valence-corrected chi connectivity index (χ3v) is 2.86. The molecule has 3 heterocycles. The van der Waals surface area contributed by atoms with Crippen LogP contribution in [0.2, 0.25) is 0 Å². The van der Waals surface area contributed by atoms with Crippen LogP contribution in [0, 0.1) is 0 Å². The van der Waals surface area contributed by atoms with Crippen molar-refractivity contribution in [2.45, 2.75) is 0 Å². The fraction of sp³-hybridized carbons (Fsp3) is 0. The van der Waals surface area contributed by atoms with Gasteiger partial charge in [-0.2, -0.15) is 0 Å². The lowest BCUT2D eigenvalue weighted by molar-refractivity contribution is 0.172. The summed E-state index contributed by atoms with van der Waals surface area (Å²) < 4.78 is 0. The SMILES string of the molecule is NC1=C(c2nc3ncccc3[nH]2)C=CC=CN1C(=O)O. The van der Waals surface area contributed by atoms with Gasteiger partial charge in [0.25, 0.3) is 0 Å². The second-order valence-corrected chi connectivity index (χ2v) is 4.11. The van der Waals surface area contributed by atoms with E-state index in [1.165, 1.54) is 6.20 Å².